The molecule has 0 amide bonds. The summed E-state index contributed by atoms with van der Waals surface area (Å²) in [4.78, 5) is 2.53. The van der Waals surface area contributed by atoms with E-state index in [2.05, 4.69) is 18.9 Å². The first-order chi connectivity index (χ1) is 7.24. The zero-order chi connectivity index (χ0) is 11.1. The van der Waals surface area contributed by atoms with Gasteiger partial charge in [-0.25, -0.2) is 0 Å². The second kappa shape index (κ2) is 7.24. The predicted molar refractivity (Wildman–Crippen MR) is 67.0 cm³/mol. The average Bonchev–Trinajstić information content (AvgIpc) is 2.27. The van der Waals surface area contributed by atoms with Crippen LogP contribution in [-0.2, 0) is 0 Å². The van der Waals surface area contributed by atoms with Crippen molar-refractivity contribution in [2.75, 3.05) is 20.1 Å². The predicted octanol–water partition coefficient (Wildman–Crippen LogP) is 2.63. The van der Waals surface area contributed by atoms with Gasteiger partial charge < -0.3 is 10.6 Å². The van der Waals surface area contributed by atoms with Gasteiger partial charge in [0.15, 0.2) is 0 Å². The Hall–Kier alpha value is -0.0800. The summed E-state index contributed by atoms with van der Waals surface area (Å²) in [5.41, 5.74) is 5.54. The third-order valence-corrected chi connectivity index (χ3v) is 3.85. The van der Waals surface area contributed by atoms with Crippen LogP contribution in [0.5, 0.6) is 0 Å². The third-order valence-electron chi connectivity index (χ3n) is 3.85. The summed E-state index contributed by atoms with van der Waals surface area (Å²) >= 11 is 0. The lowest BCUT2D eigenvalue weighted by Gasteiger charge is -2.31. The fourth-order valence-corrected chi connectivity index (χ4v) is 2.59. The Balaban J connectivity index is 2.17. The van der Waals surface area contributed by atoms with Crippen LogP contribution in [-0.4, -0.2) is 31.1 Å². The molecule has 0 aromatic heterocycles. The first-order valence-electron chi connectivity index (χ1n) is 6.64. The van der Waals surface area contributed by atoms with E-state index in [9.17, 15) is 0 Å². The Morgan fingerprint density at radius 3 is 2.53 bits per heavy atom. The van der Waals surface area contributed by atoms with Crippen LogP contribution in [0.1, 0.15) is 51.9 Å². The fourth-order valence-electron chi connectivity index (χ4n) is 2.59. The first-order valence-corrected chi connectivity index (χ1v) is 6.64. The monoisotopic (exact) mass is 212 g/mol. The molecule has 0 spiro atoms. The fraction of sp³-hybridized carbons (Fsp3) is 1.00. The summed E-state index contributed by atoms with van der Waals surface area (Å²) in [5, 5.41) is 0. The van der Waals surface area contributed by atoms with Crippen LogP contribution in [0.4, 0.5) is 0 Å². The zero-order valence-corrected chi connectivity index (χ0v) is 10.5. The van der Waals surface area contributed by atoms with Crippen molar-refractivity contribution in [1.29, 1.82) is 0 Å². The van der Waals surface area contributed by atoms with Crippen molar-refractivity contribution in [1.82, 2.24) is 4.90 Å². The van der Waals surface area contributed by atoms with Gasteiger partial charge in [0.1, 0.15) is 0 Å². The Kier molecular flexibility index (Phi) is 6.26. The van der Waals surface area contributed by atoms with Gasteiger partial charge in [-0.2, -0.15) is 0 Å². The normalized spacial score (nSPS) is 20.8. The van der Waals surface area contributed by atoms with E-state index < -0.39 is 0 Å². The van der Waals surface area contributed by atoms with Crippen LogP contribution in [0.2, 0.25) is 0 Å². The van der Waals surface area contributed by atoms with E-state index in [1.807, 2.05) is 0 Å². The Labute approximate surface area is 95.2 Å². The van der Waals surface area contributed by atoms with Gasteiger partial charge in [-0.05, 0) is 52.1 Å². The molecule has 0 aliphatic heterocycles. The third kappa shape index (κ3) is 4.98. The molecule has 0 heterocycles. The molecule has 0 aromatic carbocycles. The topological polar surface area (TPSA) is 29.3 Å². The van der Waals surface area contributed by atoms with Gasteiger partial charge in [-0.15, -0.1) is 0 Å². The van der Waals surface area contributed by atoms with Gasteiger partial charge in [-0.3, -0.25) is 0 Å². The lowest BCUT2D eigenvalue weighted by Crippen LogP contribution is -2.34. The van der Waals surface area contributed by atoms with E-state index >= 15 is 0 Å². The van der Waals surface area contributed by atoms with E-state index in [0.717, 1.165) is 18.9 Å². The van der Waals surface area contributed by atoms with Crippen molar-refractivity contribution in [2.45, 2.75) is 57.9 Å². The van der Waals surface area contributed by atoms with Crippen molar-refractivity contribution >= 4 is 0 Å². The summed E-state index contributed by atoms with van der Waals surface area (Å²) < 4.78 is 0. The Morgan fingerprint density at radius 1 is 1.27 bits per heavy atom. The van der Waals surface area contributed by atoms with Crippen LogP contribution in [0.25, 0.3) is 0 Å². The number of hydrogen-bond donors (Lipinski definition) is 1. The zero-order valence-electron chi connectivity index (χ0n) is 10.5. The van der Waals surface area contributed by atoms with Crippen molar-refractivity contribution < 1.29 is 0 Å². The number of nitrogens with two attached hydrogens (primary N) is 1. The molecular formula is C13H28N2. The molecule has 2 N–H and O–H groups in total. The molecule has 0 bridgehead atoms. The molecule has 1 atom stereocenters. The first kappa shape index (κ1) is 13.0. The minimum atomic E-state index is 0.704. The van der Waals surface area contributed by atoms with Crippen molar-refractivity contribution in [3.63, 3.8) is 0 Å². The highest BCUT2D eigenvalue weighted by molar-refractivity contribution is 4.72. The minimum absolute atomic E-state index is 0.704. The molecular weight excluding hydrogens is 184 g/mol. The molecule has 0 aromatic rings. The van der Waals surface area contributed by atoms with E-state index in [4.69, 9.17) is 5.73 Å². The van der Waals surface area contributed by atoms with E-state index in [-0.39, 0.29) is 0 Å². The molecule has 1 unspecified atom stereocenters. The Bertz CT molecular complexity index is 153. The minimum Gasteiger partial charge on any atom is -0.330 e. The van der Waals surface area contributed by atoms with Gasteiger partial charge >= 0.3 is 0 Å². The average molecular weight is 212 g/mol. The number of rotatable bonds is 6. The Morgan fingerprint density at radius 2 is 1.93 bits per heavy atom. The van der Waals surface area contributed by atoms with E-state index in [1.165, 1.54) is 45.1 Å². The van der Waals surface area contributed by atoms with Crippen LogP contribution in [0.15, 0.2) is 0 Å². The molecule has 1 aliphatic rings. The van der Waals surface area contributed by atoms with Gasteiger partial charge in [0.25, 0.3) is 0 Å². The molecule has 2 heteroatoms. The van der Waals surface area contributed by atoms with Gasteiger partial charge in [0, 0.05) is 12.6 Å². The highest BCUT2D eigenvalue weighted by Crippen LogP contribution is 2.24. The van der Waals surface area contributed by atoms with Crippen LogP contribution in [0.3, 0.4) is 0 Å². The quantitative estimate of drug-likeness (QED) is 0.733. The van der Waals surface area contributed by atoms with Gasteiger partial charge in [0.2, 0.25) is 0 Å². The second-order valence-electron chi connectivity index (χ2n) is 5.22. The van der Waals surface area contributed by atoms with Crippen molar-refractivity contribution in [3.8, 4) is 0 Å². The van der Waals surface area contributed by atoms with Crippen LogP contribution in [0, 0.1) is 5.92 Å². The number of nitrogens with zero attached hydrogens (tertiary/aromatic N) is 1. The molecule has 90 valence electrons. The summed E-state index contributed by atoms with van der Waals surface area (Å²) in [7, 11) is 2.27. The maximum absolute atomic E-state index is 5.54. The maximum atomic E-state index is 5.54. The molecule has 2 nitrogen and oxygen atoms in total. The lowest BCUT2D eigenvalue weighted by molar-refractivity contribution is 0.183. The molecule has 15 heavy (non-hydrogen) atoms. The second-order valence-corrected chi connectivity index (χ2v) is 5.22. The summed E-state index contributed by atoms with van der Waals surface area (Å²) in [6, 6.07) is 0.704. The van der Waals surface area contributed by atoms with Crippen molar-refractivity contribution in [2.24, 2.45) is 11.7 Å². The maximum Gasteiger partial charge on any atom is 0.00644 e. The summed E-state index contributed by atoms with van der Waals surface area (Å²) in [6.45, 7) is 4.46. The van der Waals surface area contributed by atoms with E-state index in [1.54, 1.807) is 0 Å². The molecule has 0 radical (unpaired) electrons. The molecule has 1 aliphatic carbocycles. The lowest BCUT2D eigenvalue weighted by atomic mass is 9.88. The van der Waals surface area contributed by atoms with Crippen LogP contribution >= 0.6 is 0 Å². The van der Waals surface area contributed by atoms with Gasteiger partial charge in [-0.1, -0.05) is 19.3 Å². The molecule has 0 saturated heterocycles. The summed E-state index contributed by atoms with van der Waals surface area (Å²) in [5.74, 6) is 0.962. The smallest absolute Gasteiger partial charge is 0.00644 e. The highest BCUT2D eigenvalue weighted by Gasteiger charge is 2.17. The molecule has 1 saturated carbocycles. The SMILES string of the molecule is CC(CCCN)N(C)CC1CCCCC1. The van der Waals surface area contributed by atoms with E-state index in [0.29, 0.717) is 6.04 Å². The van der Waals surface area contributed by atoms with Crippen LogP contribution < -0.4 is 5.73 Å². The standard InChI is InChI=1S/C13H28N2/c1-12(7-6-10-14)15(2)11-13-8-4-3-5-9-13/h12-13H,3-11,14H2,1-2H3. The summed E-state index contributed by atoms with van der Waals surface area (Å²) in [6.07, 6.45) is 9.69. The highest BCUT2D eigenvalue weighted by atomic mass is 15.1. The largest absolute Gasteiger partial charge is 0.330 e. The molecule has 1 fully saturated rings. The van der Waals surface area contributed by atoms with Crippen molar-refractivity contribution in [3.05, 3.63) is 0 Å². The van der Waals surface area contributed by atoms with Gasteiger partial charge in [0.05, 0.1) is 0 Å². The molecule has 1 rings (SSSR count). The number of hydrogen-bond acceptors (Lipinski definition) is 2.